The van der Waals surface area contributed by atoms with Crippen LogP contribution in [0.1, 0.15) is 58.1 Å². The van der Waals surface area contributed by atoms with E-state index in [0.29, 0.717) is 17.9 Å². The van der Waals surface area contributed by atoms with Crippen LogP contribution in [0.3, 0.4) is 0 Å². The van der Waals surface area contributed by atoms with E-state index in [0.717, 1.165) is 24.5 Å². The molecule has 0 fully saturated rings. The summed E-state index contributed by atoms with van der Waals surface area (Å²) in [5.74, 6) is 0.543. The van der Waals surface area contributed by atoms with Crippen LogP contribution >= 0.6 is 0 Å². The molecule has 0 aliphatic rings. The molecule has 1 aromatic rings. The van der Waals surface area contributed by atoms with Crippen molar-refractivity contribution in [1.82, 2.24) is 0 Å². The zero-order chi connectivity index (χ0) is 16.8. The molecule has 0 saturated carbocycles. The quantitative estimate of drug-likeness (QED) is 0.502. The van der Waals surface area contributed by atoms with Crippen molar-refractivity contribution < 1.29 is 13.2 Å². The van der Waals surface area contributed by atoms with Gasteiger partial charge in [-0.05, 0) is 42.9 Å². The van der Waals surface area contributed by atoms with E-state index in [1.807, 2.05) is 26.0 Å². The van der Waals surface area contributed by atoms with Crippen LogP contribution in [0.15, 0.2) is 42.0 Å². The van der Waals surface area contributed by atoms with Gasteiger partial charge in [-0.3, -0.25) is 0 Å². The van der Waals surface area contributed by atoms with Crippen LogP contribution in [-0.4, -0.2) is 0 Å². The molecule has 0 aromatic heterocycles. The number of benzene rings is 1. The average molecular weight is 310 g/mol. The van der Waals surface area contributed by atoms with E-state index < -0.39 is 11.7 Å². The van der Waals surface area contributed by atoms with Crippen LogP contribution in [0.5, 0.6) is 0 Å². The third kappa shape index (κ3) is 5.70. The summed E-state index contributed by atoms with van der Waals surface area (Å²) < 4.78 is 39.5. The number of alkyl halides is 3. The smallest absolute Gasteiger partial charge is 0.166 e. The number of hydrogen-bond donors (Lipinski definition) is 0. The van der Waals surface area contributed by atoms with Gasteiger partial charge in [0.15, 0.2) is 0 Å². The highest BCUT2D eigenvalue weighted by molar-refractivity contribution is 5.70. The van der Waals surface area contributed by atoms with Crippen molar-refractivity contribution in [3.8, 4) is 0 Å². The lowest BCUT2D eigenvalue weighted by atomic mass is 9.95. The molecule has 0 aliphatic carbocycles. The average Bonchev–Trinajstić information content (AvgIpc) is 2.41. The van der Waals surface area contributed by atoms with Crippen molar-refractivity contribution in [2.45, 2.75) is 53.1 Å². The lowest BCUT2D eigenvalue weighted by molar-refractivity contribution is -0.137. The van der Waals surface area contributed by atoms with Crippen LogP contribution < -0.4 is 0 Å². The molecule has 0 N–H and O–H groups in total. The van der Waals surface area contributed by atoms with Crippen LogP contribution in [0.2, 0.25) is 0 Å². The van der Waals surface area contributed by atoms with E-state index in [2.05, 4.69) is 13.8 Å². The maximum absolute atomic E-state index is 13.2. The summed E-state index contributed by atoms with van der Waals surface area (Å²) in [7, 11) is 0. The molecule has 0 amide bonds. The summed E-state index contributed by atoms with van der Waals surface area (Å²) in [4.78, 5) is 0. The van der Waals surface area contributed by atoms with Crippen molar-refractivity contribution >= 4 is 5.57 Å². The highest BCUT2D eigenvalue weighted by Crippen LogP contribution is 2.36. The second kappa shape index (κ2) is 8.21. The Balaban J connectivity index is 3.22. The Hall–Kier alpha value is -1.51. The first kappa shape index (κ1) is 18.5. The Kier molecular flexibility index (Phi) is 6.92. The zero-order valence-corrected chi connectivity index (χ0v) is 13.8. The molecule has 122 valence electrons. The van der Waals surface area contributed by atoms with Crippen molar-refractivity contribution in [1.29, 1.82) is 0 Å². The largest absolute Gasteiger partial charge is 0.416 e. The molecule has 0 atom stereocenters. The Morgan fingerprint density at radius 1 is 1.14 bits per heavy atom. The SMILES string of the molecule is CCC/C(=C\C=C(/C)CC(C)C)c1ccccc1C(F)(F)F. The number of rotatable bonds is 6. The van der Waals surface area contributed by atoms with Gasteiger partial charge in [0, 0.05) is 0 Å². The maximum atomic E-state index is 13.2. The highest BCUT2D eigenvalue weighted by Gasteiger charge is 2.33. The molecule has 0 heterocycles. The Bertz CT molecular complexity index is 534. The van der Waals surface area contributed by atoms with Crippen LogP contribution in [-0.2, 0) is 6.18 Å². The Morgan fingerprint density at radius 3 is 2.32 bits per heavy atom. The minimum atomic E-state index is -4.32. The topological polar surface area (TPSA) is 0 Å². The third-order valence-corrected chi connectivity index (χ3v) is 3.40. The van der Waals surface area contributed by atoms with Crippen LogP contribution in [0.25, 0.3) is 5.57 Å². The van der Waals surface area contributed by atoms with E-state index in [9.17, 15) is 13.2 Å². The van der Waals surface area contributed by atoms with Crippen molar-refractivity contribution in [3.05, 3.63) is 53.1 Å². The van der Waals surface area contributed by atoms with Crippen LogP contribution in [0.4, 0.5) is 13.2 Å². The molecule has 0 aliphatic heterocycles. The summed E-state index contributed by atoms with van der Waals surface area (Å²) in [6, 6.07) is 5.83. The normalized spacial score (nSPS) is 13.8. The van der Waals surface area contributed by atoms with Crippen molar-refractivity contribution in [2.75, 3.05) is 0 Å². The minimum absolute atomic E-state index is 0.297. The molecule has 1 rings (SSSR count). The van der Waals surface area contributed by atoms with Crippen molar-refractivity contribution in [3.63, 3.8) is 0 Å². The Labute approximate surface area is 131 Å². The van der Waals surface area contributed by atoms with Gasteiger partial charge in [-0.2, -0.15) is 13.2 Å². The molecule has 0 saturated heterocycles. The second-order valence-corrected chi connectivity index (χ2v) is 6.10. The van der Waals surface area contributed by atoms with Gasteiger partial charge in [-0.15, -0.1) is 0 Å². The molecule has 0 spiro atoms. The summed E-state index contributed by atoms with van der Waals surface area (Å²) in [6.45, 7) is 8.27. The monoisotopic (exact) mass is 310 g/mol. The lowest BCUT2D eigenvalue weighted by Crippen LogP contribution is -2.08. The van der Waals surface area contributed by atoms with Gasteiger partial charge < -0.3 is 0 Å². The number of hydrogen-bond acceptors (Lipinski definition) is 0. The van der Waals surface area contributed by atoms with Gasteiger partial charge in [0.25, 0.3) is 0 Å². The predicted octanol–water partition coefficient (Wildman–Crippen LogP) is 6.88. The molecule has 1 aromatic carbocycles. The fraction of sp³-hybridized carbons (Fsp3) is 0.474. The molecule has 0 bridgehead atoms. The molecular weight excluding hydrogens is 285 g/mol. The standard InChI is InChI=1S/C19H25F3/c1-5-8-16(12-11-15(4)13-14(2)3)17-9-6-7-10-18(17)19(20,21)22/h6-7,9-12,14H,5,8,13H2,1-4H3/b15-11+,16-12+. The summed E-state index contributed by atoms with van der Waals surface area (Å²) in [6.07, 6.45) is 1.90. The van der Waals surface area contributed by atoms with Gasteiger partial charge in [-0.25, -0.2) is 0 Å². The maximum Gasteiger partial charge on any atom is 0.416 e. The van der Waals surface area contributed by atoms with E-state index in [1.54, 1.807) is 12.1 Å². The summed E-state index contributed by atoms with van der Waals surface area (Å²) in [5, 5.41) is 0. The molecule has 0 radical (unpaired) electrons. The van der Waals surface area contributed by atoms with E-state index in [-0.39, 0.29) is 0 Å². The predicted molar refractivity (Wildman–Crippen MR) is 87.5 cm³/mol. The first-order chi connectivity index (χ1) is 10.3. The molecular formula is C19H25F3. The first-order valence-electron chi connectivity index (χ1n) is 7.78. The van der Waals surface area contributed by atoms with Crippen molar-refractivity contribution in [2.24, 2.45) is 5.92 Å². The fourth-order valence-electron chi connectivity index (χ4n) is 2.54. The van der Waals surface area contributed by atoms with Gasteiger partial charge in [-0.1, -0.05) is 63.1 Å². The van der Waals surface area contributed by atoms with Gasteiger partial charge >= 0.3 is 6.18 Å². The van der Waals surface area contributed by atoms with E-state index in [1.165, 1.54) is 11.6 Å². The molecule has 22 heavy (non-hydrogen) atoms. The molecule has 3 heteroatoms. The minimum Gasteiger partial charge on any atom is -0.166 e. The molecule has 0 nitrogen and oxygen atoms in total. The van der Waals surface area contributed by atoms with E-state index >= 15 is 0 Å². The number of allylic oxidation sites excluding steroid dienone is 4. The third-order valence-electron chi connectivity index (χ3n) is 3.40. The molecule has 0 unspecified atom stereocenters. The Morgan fingerprint density at radius 2 is 1.77 bits per heavy atom. The second-order valence-electron chi connectivity index (χ2n) is 6.10. The zero-order valence-electron chi connectivity index (χ0n) is 13.8. The van der Waals surface area contributed by atoms with E-state index in [4.69, 9.17) is 0 Å². The van der Waals surface area contributed by atoms with Crippen LogP contribution in [0, 0.1) is 5.92 Å². The van der Waals surface area contributed by atoms with Gasteiger partial charge in [0.1, 0.15) is 0 Å². The number of halogens is 3. The summed E-state index contributed by atoms with van der Waals surface area (Å²) >= 11 is 0. The lowest BCUT2D eigenvalue weighted by Gasteiger charge is -2.15. The van der Waals surface area contributed by atoms with Gasteiger partial charge in [0.05, 0.1) is 5.56 Å². The summed E-state index contributed by atoms with van der Waals surface area (Å²) in [5.41, 5.74) is 1.68. The highest BCUT2D eigenvalue weighted by atomic mass is 19.4. The fourth-order valence-corrected chi connectivity index (χ4v) is 2.54. The van der Waals surface area contributed by atoms with Gasteiger partial charge in [0.2, 0.25) is 0 Å². The first-order valence-corrected chi connectivity index (χ1v) is 7.78.